The zero-order valence-electron chi connectivity index (χ0n) is 14.8. The molecule has 1 heterocycles. The van der Waals surface area contributed by atoms with Crippen molar-refractivity contribution in [2.45, 2.75) is 64.5 Å². The van der Waals surface area contributed by atoms with Gasteiger partial charge >= 0.3 is 5.69 Å². The van der Waals surface area contributed by atoms with Crippen LogP contribution in [0.3, 0.4) is 0 Å². The molecule has 4 aliphatic rings. The molecule has 1 aromatic heterocycles. The van der Waals surface area contributed by atoms with Crippen LogP contribution in [0.4, 0.5) is 0 Å². The molecular formula is C19H27N3O3. The van der Waals surface area contributed by atoms with Gasteiger partial charge in [-0.15, -0.1) is 0 Å². The fraction of sp³-hybridized carbons (Fsp3) is 0.737. The molecule has 4 bridgehead atoms. The van der Waals surface area contributed by atoms with Crippen LogP contribution in [0.1, 0.15) is 51.9 Å². The van der Waals surface area contributed by atoms with Gasteiger partial charge in [0.25, 0.3) is 5.56 Å². The van der Waals surface area contributed by atoms with Crippen molar-refractivity contribution in [3.63, 3.8) is 0 Å². The highest BCUT2D eigenvalue weighted by atomic mass is 16.2. The molecule has 6 nitrogen and oxygen atoms in total. The molecule has 0 aliphatic heterocycles. The van der Waals surface area contributed by atoms with Gasteiger partial charge in [-0.25, -0.2) is 4.79 Å². The molecule has 1 atom stereocenters. The molecule has 25 heavy (non-hydrogen) atoms. The summed E-state index contributed by atoms with van der Waals surface area (Å²) in [5.41, 5.74) is -0.720. The van der Waals surface area contributed by atoms with Gasteiger partial charge in [0.15, 0.2) is 0 Å². The van der Waals surface area contributed by atoms with E-state index in [1.807, 2.05) is 0 Å². The zero-order valence-corrected chi connectivity index (χ0v) is 14.8. The van der Waals surface area contributed by atoms with E-state index >= 15 is 0 Å². The molecule has 0 radical (unpaired) electrons. The van der Waals surface area contributed by atoms with Crippen molar-refractivity contribution >= 4 is 5.91 Å². The first kappa shape index (κ1) is 16.6. The van der Waals surface area contributed by atoms with E-state index in [-0.39, 0.29) is 23.9 Å². The number of hydrogen-bond donors (Lipinski definition) is 2. The number of hydrogen-bond acceptors (Lipinski definition) is 3. The molecule has 0 aromatic carbocycles. The maximum absolute atomic E-state index is 12.5. The fourth-order valence-corrected chi connectivity index (χ4v) is 6.26. The van der Waals surface area contributed by atoms with Crippen LogP contribution in [-0.4, -0.2) is 21.5 Å². The smallest absolute Gasteiger partial charge is 0.328 e. The number of aromatic amines is 1. The Morgan fingerprint density at radius 1 is 1.24 bits per heavy atom. The first-order valence-corrected chi connectivity index (χ1v) is 9.56. The number of amides is 1. The van der Waals surface area contributed by atoms with Gasteiger partial charge in [-0.3, -0.25) is 19.1 Å². The minimum Gasteiger partial charge on any atom is -0.351 e. The second kappa shape index (κ2) is 6.15. The summed E-state index contributed by atoms with van der Waals surface area (Å²) >= 11 is 0. The molecular weight excluding hydrogens is 318 g/mol. The number of carbonyl (C=O) groups excluding carboxylic acids is 1. The van der Waals surface area contributed by atoms with Crippen LogP contribution in [0.15, 0.2) is 21.9 Å². The lowest BCUT2D eigenvalue weighted by Crippen LogP contribution is -2.57. The minimum atomic E-state index is -0.537. The molecule has 1 aromatic rings. The minimum absolute atomic E-state index is 0.0432. The van der Waals surface area contributed by atoms with Crippen LogP contribution in [0.5, 0.6) is 0 Å². The van der Waals surface area contributed by atoms with Crippen molar-refractivity contribution in [1.29, 1.82) is 0 Å². The quantitative estimate of drug-likeness (QED) is 0.851. The number of nitrogens with zero attached hydrogens (tertiary/aromatic N) is 1. The van der Waals surface area contributed by atoms with Crippen LogP contribution in [-0.2, 0) is 11.3 Å². The van der Waals surface area contributed by atoms with Gasteiger partial charge in [0.1, 0.15) is 6.54 Å². The van der Waals surface area contributed by atoms with Crippen LogP contribution >= 0.6 is 0 Å². The Labute approximate surface area is 147 Å². The number of nitrogens with one attached hydrogen (secondary N) is 2. The maximum atomic E-state index is 12.5. The average molecular weight is 345 g/mol. The van der Waals surface area contributed by atoms with Gasteiger partial charge in [0, 0.05) is 18.3 Å². The van der Waals surface area contributed by atoms with Gasteiger partial charge in [0.2, 0.25) is 5.91 Å². The van der Waals surface area contributed by atoms with Crippen molar-refractivity contribution in [2.24, 2.45) is 23.2 Å². The van der Waals surface area contributed by atoms with E-state index in [1.54, 1.807) is 0 Å². The lowest BCUT2D eigenvalue weighted by Gasteiger charge is -2.59. The lowest BCUT2D eigenvalue weighted by molar-refractivity contribution is -0.127. The molecule has 0 saturated heterocycles. The van der Waals surface area contributed by atoms with E-state index < -0.39 is 11.2 Å². The van der Waals surface area contributed by atoms with Crippen molar-refractivity contribution in [2.75, 3.05) is 0 Å². The van der Waals surface area contributed by atoms with Crippen LogP contribution in [0.25, 0.3) is 0 Å². The monoisotopic (exact) mass is 345 g/mol. The summed E-state index contributed by atoms with van der Waals surface area (Å²) in [6.07, 6.45) is 10.2. The molecule has 0 unspecified atom stereocenters. The van der Waals surface area contributed by atoms with Gasteiger partial charge < -0.3 is 5.32 Å². The number of rotatable bonds is 5. The summed E-state index contributed by atoms with van der Waals surface area (Å²) in [7, 11) is 0. The molecule has 0 spiro atoms. The highest BCUT2D eigenvalue weighted by Gasteiger charge is 2.53. The Morgan fingerprint density at radius 3 is 2.36 bits per heavy atom. The molecule has 6 heteroatoms. The second-order valence-electron chi connectivity index (χ2n) is 8.55. The van der Waals surface area contributed by atoms with E-state index in [0.717, 1.165) is 24.2 Å². The van der Waals surface area contributed by atoms with E-state index in [2.05, 4.69) is 17.2 Å². The molecule has 2 N–H and O–H groups in total. The average Bonchev–Trinajstić information content (AvgIpc) is 2.54. The van der Waals surface area contributed by atoms with Crippen LogP contribution in [0.2, 0.25) is 0 Å². The largest absolute Gasteiger partial charge is 0.351 e. The highest BCUT2D eigenvalue weighted by molar-refractivity contribution is 5.76. The van der Waals surface area contributed by atoms with E-state index in [1.165, 1.54) is 55.4 Å². The summed E-state index contributed by atoms with van der Waals surface area (Å²) in [6.45, 7) is 2.11. The topological polar surface area (TPSA) is 84.0 Å². The third-order valence-corrected chi connectivity index (χ3v) is 6.78. The SMILES string of the molecule is CC[C@@H](NC(=O)Cn1ccc(=O)[nH]c1=O)C12CC3CC(CC(C3)C1)C2. The molecule has 4 fully saturated rings. The second-order valence-corrected chi connectivity index (χ2v) is 8.55. The maximum Gasteiger partial charge on any atom is 0.328 e. The van der Waals surface area contributed by atoms with Gasteiger partial charge in [-0.2, -0.15) is 0 Å². The Morgan fingerprint density at radius 2 is 1.84 bits per heavy atom. The number of carbonyl (C=O) groups is 1. The molecule has 4 saturated carbocycles. The van der Waals surface area contributed by atoms with Gasteiger partial charge in [-0.1, -0.05) is 6.92 Å². The third-order valence-electron chi connectivity index (χ3n) is 6.78. The first-order valence-electron chi connectivity index (χ1n) is 9.56. The normalized spacial score (nSPS) is 34.0. The Hall–Kier alpha value is -1.85. The summed E-state index contributed by atoms with van der Waals surface area (Å²) in [5.74, 6) is 2.40. The number of H-pyrrole nitrogens is 1. The number of aromatic nitrogens is 2. The molecule has 5 rings (SSSR count). The summed E-state index contributed by atoms with van der Waals surface area (Å²) in [4.78, 5) is 37.7. The van der Waals surface area contributed by atoms with Crippen molar-refractivity contribution in [3.8, 4) is 0 Å². The zero-order chi connectivity index (χ0) is 17.6. The van der Waals surface area contributed by atoms with E-state index in [4.69, 9.17) is 0 Å². The van der Waals surface area contributed by atoms with E-state index in [9.17, 15) is 14.4 Å². The van der Waals surface area contributed by atoms with Crippen LogP contribution in [0, 0.1) is 23.2 Å². The highest BCUT2D eigenvalue weighted by Crippen LogP contribution is 2.61. The molecule has 136 valence electrons. The van der Waals surface area contributed by atoms with E-state index in [0.29, 0.717) is 0 Å². The Kier molecular flexibility index (Phi) is 4.08. The fourth-order valence-electron chi connectivity index (χ4n) is 6.26. The molecule has 1 amide bonds. The summed E-state index contributed by atoms with van der Waals surface area (Å²) in [6, 6.07) is 1.46. The van der Waals surface area contributed by atoms with Gasteiger partial charge in [0.05, 0.1) is 0 Å². The standard InChI is InChI=1S/C19H27N3O3/c1-2-15(19-8-12-5-13(9-19)7-14(6-12)10-19)20-17(24)11-22-4-3-16(23)21-18(22)25/h3-4,12-15H,2,5-11H2,1H3,(H,20,24)(H,21,23,25)/t12?,13?,14?,15-,19?/m1/s1. The van der Waals surface area contributed by atoms with Crippen LogP contribution < -0.4 is 16.6 Å². The molecule has 4 aliphatic carbocycles. The van der Waals surface area contributed by atoms with Crippen molar-refractivity contribution in [1.82, 2.24) is 14.9 Å². The summed E-state index contributed by atoms with van der Waals surface area (Å²) < 4.78 is 1.25. The lowest BCUT2D eigenvalue weighted by atomic mass is 9.47. The van der Waals surface area contributed by atoms with Gasteiger partial charge in [-0.05, 0) is 68.1 Å². The third kappa shape index (κ3) is 3.07. The Bertz CT molecular complexity index is 743. The Balaban J connectivity index is 1.47. The van der Waals surface area contributed by atoms with Crippen molar-refractivity contribution in [3.05, 3.63) is 33.1 Å². The predicted octanol–water partition coefficient (Wildman–Crippen LogP) is 1.65. The predicted molar refractivity (Wildman–Crippen MR) is 94.1 cm³/mol. The summed E-state index contributed by atoms with van der Waals surface area (Å²) in [5, 5.41) is 3.22. The van der Waals surface area contributed by atoms with Crippen molar-refractivity contribution < 1.29 is 4.79 Å². The first-order chi connectivity index (χ1) is 12.0.